The fourth-order valence-electron chi connectivity index (χ4n) is 2.90. The van der Waals surface area contributed by atoms with Gasteiger partial charge in [-0.3, -0.25) is 9.48 Å². The van der Waals surface area contributed by atoms with Gasteiger partial charge in [0.15, 0.2) is 0 Å². The second kappa shape index (κ2) is 8.07. The molecule has 1 aromatic carbocycles. The molecule has 2 heterocycles. The summed E-state index contributed by atoms with van der Waals surface area (Å²) < 4.78 is 12.1. The lowest BCUT2D eigenvalue weighted by Gasteiger charge is -2.12. The van der Waals surface area contributed by atoms with Crippen molar-refractivity contribution in [1.82, 2.24) is 20.3 Å². The molecule has 0 saturated carbocycles. The molecular weight excluding hydrogens is 344 g/mol. The van der Waals surface area contributed by atoms with Crippen LogP contribution in [0.1, 0.15) is 35.2 Å². The normalized spacial score (nSPS) is 12.0. The molecule has 0 saturated heterocycles. The van der Waals surface area contributed by atoms with Crippen molar-refractivity contribution in [2.45, 2.75) is 32.7 Å². The highest BCUT2D eigenvalue weighted by atomic mass is 16.5. The molecule has 0 unspecified atom stereocenters. The van der Waals surface area contributed by atoms with Gasteiger partial charge in [-0.25, -0.2) is 0 Å². The smallest absolute Gasteiger partial charge is 0.290 e. The van der Waals surface area contributed by atoms with Crippen molar-refractivity contribution < 1.29 is 14.1 Å². The van der Waals surface area contributed by atoms with E-state index in [4.69, 9.17) is 9.26 Å². The van der Waals surface area contributed by atoms with Gasteiger partial charge >= 0.3 is 0 Å². The predicted octanol–water partition coefficient (Wildman–Crippen LogP) is 3.14. The standard InChI is InChI=1S/C20H24N4O3/c1-13(5-6-15-7-9-16(26-4)10-8-15)21-20(25)19-11-18(23-27-19)17-12-24(3)22-14(17)2/h7-13H,5-6H2,1-4H3,(H,21,25)/t13-/m0/s1. The maximum atomic E-state index is 12.4. The largest absolute Gasteiger partial charge is 0.497 e. The first kappa shape index (κ1) is 18.7. The second-order valence-electron chi connectivity index (χ2n) is 6.64. The van der Waals surface area contributed by atoms with E-state index in [1.165, 1.54) is 5.56 Å². The Hall–Kier alpha value is -3.09. The van der Waals surface area contributed by atoms with Gasteiger partial charge in [0.1, 0.15) is 11.4 Å². The number of methoxy groups -OCH3 is 1. The summed E-state index contributed by atoms with van der Waals surface area (Å²) in [5.41, 5.74) is 3.50. The number of carbonyl (C=O) groups is 1. The van der Waals surface area contributed by atoms with E-state index in [0.717, 1.165) is 29.8 Å². The molecular formula is C20H24N4O3. The minimum absolute atomic E-state index is 0.00767. The average molecular weight is 368 g/mol. The number of carbonyl (C=O) groups excluding carboxylic acids is 1. The number of hydrogen-bond donors (Lipinski definition) is 1. The first-order chi connectivity index (χ1) is 13.0. The number of nitrogens with one attached hydrogen (secondary N) is 1. The van der Waals surface area contributed by atoms with Crippen LogP contribution in [0.5, 0.6) is 5.75 Å². The molecule has 0 aliphatic heterocycles. The van der Waals surface area contributed by atoms with E-state index in [0.29, 0.717) is 5.69 Å². The summed E-state index contributed by atoms with van der Waals surface area (Å²) in [7, 11) is 3.49. The lowest BCUT2D eigenvalue weighted by atomic mass is 10.1. The molecule has 1 N–H and O–H groups in total. The van der Waals surface area contributed by atoms with Gasteiger partial charge < -0.3 is 14.6 Å². The minimum atomic E-state index is -0.266. The van der Waals surface area contributed by atoms with Crippen molar-refractivity contribution in [3.63, 3.8) is 0 Å². The van der Waals surface area contributed by atoms with E-state index >= 15 is 0 Å². The lowest BCUT2D eigenvalue weighted by Crippen LogP contribution is -2.32. The van der Waals surface area contributed by atoms with Gasteiger partial charge in [-0.2, -0.15) is 5.10 Å². The number of aryl methyl sites for hydroxylation is 3. The number of aromatic nitrogens is 3. The summed E-state index contributed by atoms with van der Waals surface area (Å²) in [4.78, 5) is 12.4. The maximum absolute atomic E-state index is 12.4. The molecule has 3 rings (SSSR count). The van der Waals surface area contributed by atoms with E-state index in [2.05, 4.69) is 15.6 Å². The topological polar surface area (TPSA) is 82.2 Å². The Kier molecular flexibility index (Phi) is 5.59. The van der Waals surface area contributed by atoms with E-state index < -0.39 is 0 Å². The molecule has 1 amide bonds. The van der Waals surface area contributed by atoms with Crippen LogP contribution in [0.25, 0.3) is 11.3 Å². The Morgan fingerprint density at radius 1 is 1.33 bits per heavy atom. The van der Waals surface area contributed by atoms with Crippen LogP contribution in [0.3, 0.4) is 0 Å². The molecule has 3 aromatic rings. The zero-order chi connectivity index (χ0) is 19.4. The van der Waals surface area contributed by atoms with Gasteiger partial charge in [0.05, 0.1) is 12.8 Å². The molecule has 2 aromatic heterocycles. The monoisotopic (exact) mass is 368 g/mol. The lowest BCUT2D eigenvalue weighted by molar-refractivity contribution is 0.0901. The van der Waals surface area contributed by atoms with Crippen molar-refractivity contribution in [1.29, 1.82) is 0 Å². The third-order valence-electron chi connectivity index (χ3n) is 4.43. The Morgan fingerprint density at radius 2 is 2.07 bits per heavy atom. The fraction of sp³-hybridized carbons (Fsp3) is 0.350. The van der Waals surface area contributed by atoms with Crippen LogP contribution in [0.2, 0.25) is 0 Å². The van der Waals surface area contributed by atoms with E-state index in [-0.39, 0.29) is 17.7 Å². The van der Waals surface area contributed by atoms with Gasteiger partial charge in [0, 0.05) is 30.9 Å². The fourth-order valence-corrected chi connectivity index (χ4v) is 2.90. The maximum Gasteiger partial charge on any atom is 0.290 e. The van der Waals surface area contributed by atoms with Crippen LogP contribution in [-0.4, -0.2) is 34.0 Å². The van der Waals surface area contributed by atoms with Crippen LogP contribution >= 0.6 is 0 Å². The molecule has 7 nitrogen and oxygen atoms in total. The number of benzene rings is 1. The quantitative estimate of drug-likeness (QED) is 0.693. The molecule has 27 heavy (non-hydrogen) atoms. The molecule has 0 bridgehead atoms. The summed E-state index contributed by atoms with van der Waals surface area (Å²) in [5, 5.41) is 11.2. The van der Waals surface area contributed by atoms with Gasteiger partial charge in [-0.1, -0.05) is 17.3 Å². The highest BCUT2D eigenvalue weighted by molar-refractivity contribution is 5.92. The molecule has 0 spiro atoms. The third-order valence-corrected chi connectivity index (χ3v) is 4.43. The van der Waals surface area contributed by atoms with Gasteiger partial charge in [-0.15, -0.1) is 0 Å². The van der Waals surface area contributed by atoms with Crippen LogP contribution in [0.15, 0.2) is 41.1 Å². The number of rotatable bonds is 7. The van der Waals surface area contributed by atoms with Gasteiger partial charge in [0.2, 0.25) is 5.76 Å². The summed E-state index contributed by atoms with van der Waals surface area (Å²) in [6.07, 6.45) is 3.54. The first-order valence-corrected chi connectivity index (χ1v) is 8.87. The molecule has 0 fully saturated rings. The highest BCUT2D eigenvalue weighted by Gasteiger charge is 2.18. The van der Waals surface area contributed by atoms with E-state index in [9.17, 15) is 4.79 Å². The summed E-state index contributed by atoms with van der Waals surface area (Å²) in [5.74, 6) is 0.771. The Labute approximate surface area is 158 Å². The van der Waals surface area contributed by atoms with Crippen LogP contribution < -0.4 is 10.1 Å². The molecule has 142 valence electrons. The minimum Gasteiger partial charge on any atom is -0.497 e. The molecule has 0 radical (unpaired) electrons. The Balaban J connectivity index is 1.56. The molecule has 1 atom stereocenters. The van der Waals surface area contributed by atoms with Crippen molar-refractivity contribution >= 4 is 5.91 Å². The number of hydrogen-bond acceptors (Lipinski definition) is 5. The van der Waals surface area contributed by atoms with E-state index in [1.807, 2.05) is 51.4 Å². The summed E-state index contributed by atoms with van der Waals surface area (Å²) in [6.45, 7) is 3.87. The van der Waals surface area contributed by atoms with Crippen molar-refractivity contribution in [3.8, 4) is 17.0 Å². The van der Waals surface area contributed by atoms with E-state index in [1.54, 1.807) is 17.9 Å². The molecule has 0 aliphatic carbocycles. The molecule has 0 aliphatic rings. The van der Waals surface area contributed by atoms with Crippen LogP contribution in [-0.2, 0) is 13.5 Å². The number of amides is 1. The van der Waals surface area contributed by atoms with Crippen molar-refractivity contribution in [2.24, 2.45) is 7.05 Å². The summed E-state index contributed by atoms with van der Waals surface area (Å²) in [6, 6.07) is 9.60. The molecule has 7 heteroatoms. The summed E-state index contributed by atoms with van der Waals surface area (Å²) >= 11 is 0. The van der Waals surface area contributed by atoms with Gasteiger partial charge in [-0.05, 0) is 44.4 Å². The highest BCUT2D eigenvalue weighted by Crippen LogP contribution is 2.22. The van der Waals surface area contributed by atoms with Crippen LogP contribution in [0, 0.1) is 6.92 Å². The second-order valence-corrected chi connectivity index (χ2v) is 6.64. The van der Waals surface area contributed by atoms with Gasteiger partial charge in [0.25, 0.3) is 5.91 Å². The van der Waals surface area contributed by atoms with Crippen LogP contribution in [0.4, 0.5) is 0 Å². The zero-order valence-electron chi connectivity index (χ0n) is 16.0. The predicted molar refractivity (Wildman–Crippen MR) is 102 cm³/mol. The van der Waals surface area contributed by atoms with Crippen molar-refractivity contribution in [2.75, 3.05) is 7.11 Å². The van der Waals surface area contributed by atoms with Crippen molar-refractivity contribution in [3.05, 3.63) is 53.5 Å². The Morgan fingerprint density at radius 3 is 2.70 bits per heavy atom. The zero-order valence-corrected chi connectivity index (χ0v) is 16.0. The number of nitrogens with zero attached hydrogens (tertiary/aromatic N) is 3. The third kappa shape index (κ3) is 4.55. The Bertz CT molecular complexity index is 912. The number of ether oxygens (including phenoxy) is 1. The SMILES string of the molecule is COc1ccc(CC[C@H](C)NC(=O)c2cc(-c3cn(C)nc3C)no2)cc1. The average Bonchev–Trinajstić information content (AvgIpc) is 3.26. The first-order valence-electron chi connectivity index (χ1n) is 8.87.